The molecule has 0 aromatic carbocycles. The third kappa shape index (κ3) is 2.50. The second-order valence-electron chi connectivity index (χ2n) is 5.34. The normalized spacial score (nSPS) is 29.3. The van der Waals surface area contributed by atoms with Gasteiger partial charge in [0.15, 0.2) is 0 Å². The SMILES string of the molecule is Cc1cn([C@H]2C[C@H](O)[C@@H](CO)O2)c(=O)n(C2OCCO2)c1=O. The van der Waals surface area contributed by atoms with Crippen LogP contribution in [0.4, 0.5) is 0 Å². The lowest BCUT2D eigenvalue weighted by Crippen LogP contribution is -2.44. The number of nitrogens with zero attached hydrogens (tertiary/aromatic N) is 2. The largest absolute Gasteiger partial charge is 0.394 e. The molecule has 22 heavy (non-hydrogen) atoms. The summed E-state index contributed by atoms with van der Waals surface area (Å²) in [5, 5.41) is 18.9. The van der Waals surface area contributed by atoms with Crippen LogP contribution >= 0.6 is 0 Å². The van der Waals surface area contributed by atoms with Crippen molar-refractivity contribution in [2.75, 3.05) is 19.8 Å². The van der Waals surface area contributed by atoms with E-state index >= 15 is 0 Å². The maximum atomic E-state index is 12.6. The van der Waals surface area contributed by atoms with Crippen molar-refractivity contribution >= 4 is 0 Å². The first-order valence-electron chi connectivity index (χ1n) is 7.05. The highest BCUT2D eigenvalue weighted by Crippen LogP contribution is 2.27. The highest BCUT2D eigenvalue weighted by molar-refractivity contribution is 5.04. The fraction of sp³-hybridized carbons (Fsp3) is 0.692. The van der Waals surface area contributed by atoms with Crippen LogP contribution in [0.5, 0.6) is 0 Å². The van der Waals surface area contributed by atoms with Crippen molar-refractivity contribution in [2.24, 2.45) is 0 Å². The van der Waals surface area contributed by atoms with E-state index < -0.39 is 36.1 Å². The molecule has 0 unspecified atom stereocenters. The average Bonchev–Trinajstić information content (AvgIpc) is 3.13. The number of hydrogen-bond acceptors (Lipinski definition) is 7. The van der Waals surface area contributed by atoms with Crippen molar-refractivity contribution in [1.29, 1.82) is 0 Å². The van der Waals surface area contributed by atoms with Gasteiger partial charge in [0, 0.05) is 18.2 Å². The Morgan fingerprint density at radius 3 is 2.59 bits per heavy atom. The number of rotatable bonds is 3. The molecule has 0 radical (unpaired) electrons. The highest BCUT2D eigenvalue weighted by Gasteiger charge is 2.36. The third-order valence-corrected chi connectivity index (χ3v) is 3.83. The predicted molar refractivity (Wildman–Crippen MR) is 72.3 cm³/mol. The molecule has 2 saturated heterocycles. The highest BCUT2D eigenvalue weighted by atomic mass is 16.7. The van der Waals surface area contributed by atoms with Crippen LogP contribution in [0.2, 0.25) is 0 Å². The van der Waals surface area contributed by atoms with Gasteiger partial charge < -0.3 is 24.4 Å². The van der Waals surface area contributed by atoms with Crippen LogP contribution in [0, 0.1) is 6.92 Å². The smallest absolute Gasteiger partial charge is 0.337 e. The van der Waals surface area contributed by atoms with Gasteiger partial charge in [-0.05, 0) is 6.92 Å². The van der Waals surface area contributed by atoms with E-state index in [1.807, 2.05) is 0 Å². The van der Waals surface area contributed by atoms with Crippen LogP contribution in [0.1, 0.15) is 24.6 Å². The Kier molecular flexibility index (Phi) is 4.15. The first-order valence-corrected chi connectivity index (χ1v) is 7.05. The Balaban J connectivity index is 2.02. The molecular formula is C13H18N2O7. The molecule has 3 atom stereocenters. The first-order chi connectivity index (χ1) is 10.5. The summed E-state index contributed by atoms with van der Waals surface area (Å²) in [6, 6.07) is 0. The Labute approximate surface area is 125 Å². The Bertz CT molecular complexity index is 661. The molecule has 0 saturated carbocycles. The zero-order valence-electron chi connectivity index (χ0n) is 12.0. The van der Waals surface area contributed by atoms with Crippen LogP contribution in [0.3, 0.4) is 0 Å². The first kappa shape index (κ1) is 15.4. The summed E-state index contributed by atoms with van der Waals surface area (Å²) < 4.78 is 18.1. The molecule has 2 N–H and O–H groups in total. The average molecular weight is 314 g/mol. The van der Waals surface area contributed by atoms with Crippen LogP contribution in [0.25, 0.3) is 0 Å². The molecule has 2 aliphatic rings. The lowest BCUT2D eigenvalue weighted by molar-refractivity contribution is -0.109. The Morgan fingerprint density at radius 1 is 1.32 bits per heavy atom. The zero-order chi connectivity index (χ0) is 15.9. The molecular weight excluding hydrogens is 296 g/mol. The van der Waals surface area contributed by atoms with E-state index in [1.54, 1.807) is 6.92 Å². The van der Waals surface area contributed by atoms with Crippen LogP contribution in [-0.2, 0) is 14.2 Å². The van der Waals surface area contributed by atoms with Crippen molar-refractivity contribution in [3.05, 3.63) is 32.6 Å². The molecule has 3 heterocycles. The molecule has 0 aliphatic carbocycles. The molecule has 9 heteroatoms. The molecule has 122 valence electrons. The minimum Gasteiger partial charge on any atom is -0.394 e. The number of ether oxygens (including phenoxy) is 3. The van der Waals surface area contributed by atoms with Gasteiger partial charge in [-0.2, -0.15) is 0 Å². The van der Waals surface area contributed by atoms with Crippen molar-refractivity contribution in [2.45, 2.75) is 38.2 Å². The molecule has 3 rings (SSSR count). The Hall–Kier alpha value is -1.52. The van der Waals surface area contributed by atoms with E-state index in [1.165, 1.54) is 10.8 Å². The van der Waals surface area contributed by atoms with Gasteiger partial charge in [-0.25, -0.2) is 9.36 Å². The summed E-state index contributed by atoms with van der Waals surface area (Å²) in [5.41, 5.74) is -0.812. The quantitative estimate of drug-likeness (QED) is 0.695. The van der Waals surface area contributed by atoms with Crippen LogP contribution in [0.15, 0.2) is 15.8 Å². The van der Waals surface area contributed by atoms with Crippen molar-refractivity contribution in [3.63, 3.8) is 0 Å². The van der Waals surface area contributed by atoms with Crippen molar-refractivity contribution in [1.82, 2.24) is 9.13 Å². The van der Waals surface area contributed by atoms with E-state index in [0.717, 1.165) is 4.57 Å². The maximum absolute atomic E-state index is 12.6. The topological polar surface area (TPSA) is 112 Å². The van der Waals surface area contributed by atoms with Crippen molar-refractivity contribution in [3.8, 4) is 0 Å². The number of aliphatic hydroxyl groups excluding tert-OH is 2. The van der Waals surface area contributed by atoms with E-state index in [0.29, 0.717) is 18.8 Å². The van der Waals surface area contributed by atoms with Gasteiger partial charge in [0.05, 0.1) is 25.9 Å². The molecule has 9 nitrogen and oxygen atoms in total. The third-order valence-electron chi connectivity index (χ3n) is 3.83. The van der Waals surface area contributed by atoms with Gasteiger partial charge in [0.1, 0.15) is 12.3 Å². The van der Waals surface area contributed by atoms with E-state index in [2.05, 4.69) is 0 Å². The van der Waals surface area contributed by atoms with Gasteiger partial charge in [0.25, 0.3) is 12.0 Å². The second-order valence-corrected chi connectivity index (χ2v) is 5.34. The molecule has 0 amide bonds. The minimum atomic E-state index is -1.05. The number of hydrogen-bond donors (Lipinski definition) is 2. The molecule has 2 fully saturated rings. The summed E-state index contributed by atoms with van der Waals surface area (Å²) in [6.45, 7) is 1.82. The molecule has 2 aliphatic heterocycles. The summed E-state index contributed by atoms with van der Waals surface area (Å²) in [7, 11) is 0. The summed E-state index contributed by atoms with van der Waals surface area (Å²) >= 11 is 0. The Morgan fingerprint density at radius 2 is 2.00 bits per heavy atom. The maximum Gasteiger partial charge on any atom is 0.337 e. The van der Waals surface area contributed by atoms with E-state index in [4.69, 9.17) is 19.3 Å². The van der Waals surface area contributed by atoms with Gasteiger partial charge in [-0.1, -0.05) is 0 Å². The van der Waals surface area contributed by atoms with Crippen molar-refractivity contribution < 1.29 is 24.4 Å². The van der Waals surface area contributed by atoms with Crippen LogP contribution < -0.4 is 11.2 Å². The van der Waals surface area contributed by atoms with E-state index in [-0.39, 0.29) is 13.0 Å². The lowest BCUT2D eigenvalue weighted by atomic mass is 10.2. The number of aryl methyl sites for hydroxylation is 1. The zero-order valence-corrected chi connectivity index (χ0v) is 12.0. The minimum absolute atomic E-state index is 0.148. The van der Waals surface area contributed by atoms with E-state index in [9.17, 15) is 14.7 Å². The standard InChI is InChI=1S/C13H18N2O7/c1-7-5-14(10-4-8(17)9(6-16)22-10)12(19)15(11(7)18)13-20-2-3-21-13/h5,8-10,13,16-17H,2-4,6H2,1H3/t8-,9+,10+/m0/s1. The fourth-order valence-corrected chi connectivity index (χ4v) is 2.66. The monoisotopic (exact) mass is 314 g/mol. The fourth-order valence-electron chi connectivity index (χ4n) is 2.66. The van der Waals surface area contributed by atoms with Crippen LogP contribution in [-0.4, -0.2) is 51.4 Å². The number of aliphatic hydroxyl groups is 2. The molecule has 1 aromatic rings. The number of aromatic nitrogens is 2. The van der Waals surface area contributed by atoms with Gasteiger partial charge in [-0.3, -0.25) is 9.36 Å². The second kappa shape index (κ2) is 5.94. The molecule has 1 aromatic heterocycles. The predicted octanol–water partition coefficient (Wildman–Crippen LogP) is -1.54. The summed E-state index contributed by atoms with van der Waals surface area (Å²) in [5.74, 6) is 0. The van der Waals surface area contributed by atoms with Gasteiger partial charge >= 0.3 is 5.69 Å². The van der Waals surface area contributed by atoms with Gasteiger partial charge in [-0.15, -0.1) is 0 Å². The van der Waals surface area contributed by atoms with Gasteiger partial charge in [0.2, 0.25) is 0 Å². The lowest BCUT2D eigenvalue weighted by Gasteiger charge is -2.19. The summed E-state index contributed by atoms with van der Waals surface area (Å²) in [6.07, 6.45) is -1.90. The molecule has 0 spiro atoms. The molecule has 0 bridgehead atoms. The summed E-state index contributed by atoms with van der Waals surface area (Å²) in [4.78, 5) is 24.7.